The lowest BCUT2D eigenvalue weighted by Gasteiger charge is -2.17. The maximum atomic E-state index is 12.0. The minimum absolute atomic E-state index is 0.0708. The van der Waals surface area contributed by atoms with Gasteiger partial charge in [0.2, 0.25) is 0 Å². The molecule has 17 heavy (non-hydrogen) atoms. The molecule has 9 nitrogen and oxygen atoms in total. The van der Waals surface area contributed by atoms with Gasteiger partial charge >= 0.3 is 16.9 Å². The summed E-state index contributed by atoms with van der Waals surface area (Å²) in [5.41, 5.74) is -1.44. The Morgan fingerprint density at radius 3 is 2.59 bits per heavy atom. The Morgan fingerprint density at radius 2 is 1.88 bits per heavy atom. The summed E-state index contributed by atoms with van der Waals surface area (Å²) < 4.78 is 0.992. The summed E-state index contributed by atoms with van der Waals surface area (Å²) in [5, 5.41) is 4.59. The zero-order valence-corrected chi connectivity index (χ0v) is 8.74. The minimum atomic E-state index is -0.568. The summed E-state index contributed by atoms with van der Waals surface area (Å²) in [6, 6.07) is 0. The second kappa shape index (κ2) is 3.35. The van der Waals surface area contributed by atoms with E-state index in [2.05, 4.69) is 20.3 Å². The van der Waals surface area contributed by atoms with Crippen molar-refractivity contribution in [1.29, 1.82) is 0 Å². The van der Waals surface area contributed by atoms with Crippen molar-refractivity contribution in [2.24, 2.45) is 0 Å². The van der Waals surface area contributed by atoms with Gasteiger partial charge in [0.25, 0.3) is 0 Å². The van der Waals surface area contributed by atoms with Crippen molar-refractivity contribution < 1.29 is 0 Å². The first-order chi connectivity index (χ1) is 8.16. The van der Waals surface area contributed by atoms with Gasteiger partial charge in [0.15, 0.2) is 5.52 Å². The number of H-pyrrole nitrogens is 3. The topological polar surface area (TPSA) is 119 Å². The van der Waals surface area contributed by atoms with Gasteiger partial charge in [0, 0.05) is 13.1 Å². The van der Waals surface area contributed by atoms with Crippen LogP contribution in [-0.4, -0.2) is 39.4 Å². The van der Waals surface area contributed by atoms with Crippen LogP contribution in [-0.2, 0) is 0 Å². The number of fused-ring (bicyclic) bond motifs is 1. The molecule has 0 aliphatic carbocycles. The van der Waals surface area contributed by atoms with Crippen LogP contribution in [0, 0.1) is 0 Å². The van der Waals surface area contributed by atoms with Gasteiger partial charge in [0.05, 0.1) is 6.67 Å². The first-order valence-electron chi connectivity index (χ1n) is 5.10. The average Bonchev–Trinajstić information content (AvgIpc) is 2.87. The van der Waals surface area contributed by atoms with Crippen LogP contribution >= 0.6 is 0 Å². The van der Waals surface area contributed by atoms with Crippen LogP contribution in [0.5, 0.6) is 0 Å². The molecule has 0 atom stereocenters. The van der Waals surface area contributed by atoms with E-state index in [1.165, 1.54) is 0 Å². The number of hydrogen-bond donors (Lipinski definition) is 4. The van der Waals surface area contributed by atoms with E-state index >= 15 is 0 Å². The summed E-state index contributed by atoms with van der Waals surface area (Å²) in [6.45, 7) is 1.68. The van der Waals surface area contributed by atoms with E-state index in [1.807, 2.05) is 0 Å². The molecule has 3 heterocycles. The highest BCUT2D eigenvalue weighted by atomic mass is 16.2. The van der Waals surface area contributed by atoms with Gasteiger partial charge in [-0.1, -0.05) is 0 Å². The van der Waals surface area contributed by atoms with Crippen LogP contribution in [0.4, 0.5) is 0 Å². The maximum Gasteiger partial charge on any atom is 0.349 e. The number of hydrogen-bond acceptors (Lipinski definition) is 5. The predicted molar refractivity (Wildman–Crippen MR) is 59.8 cm³/mol. The van der Waals surface area contributed by atoms with Crippen molar-refractivity contribution in [2.45, 2.75) is 0 Å². The fraction of sp³-hybridized carbons (Fsp3) is 0.375. The average molecular weight is 238 g/mol. The molecule has 0 bridgehead atoms. The Hall–Kier alpha value is -2.29. The fourth-order valence-electron chi connectivity index (χ4n) is 1.92. The van der Waals surface area contributed by atoms with E-state index in [0.29, 0.717) is 19.8 Å². The molecule has 1 aliphatic rings. The first kappa shape index (κ1) is 9.90. The highest BCUT2D eigenvalue weighted by molar-refractivity contribution is 5.67. The Labute approximate surface area is 93.0 Å². The van der Waals surface area contributed by atoms with Crippen molar-refractivity contribution in [3.8, 4) is 0 Å². The Kier molecular flexibility index (Phi) is 1.95. The van der Waals surface area contributed by atoms with Crippen LogP contribution in [0.15, 0.2) is 14.4 Å². The number of aromatic nitrogens is 4. The van der Waals surface area contributed by atoms with E-state index in [1.54, 1.807) is 5.01 Å². The summed E-state index contributed by atoms with van der Waals surface area (Å²) >= 11 is 0. The van der Waals surface area contributed by atoms with Crippen molar-refractivity contribution in [2.75, 3.05) is 24.8 Å². The third-order valence-electron chi connectivity index (χ3n) is 2.68. The van der Waals surface area contributed by atoms with E-state index in [-0.39, 0.29) is 11.2 Å². The maximum absolute atomic E-state index is 12.0. The molecule has 0 aromatic carbocycles. The molecule has 1 aliphatic heterocycles. The third kappa shape index (κ3) is 1.40. The lowest BCUT2D eigenvalue weighted by Crippen LogP contribution is -2.49. The quantitative estimate of drug-likeness (QED) is 0.428. The van der Waals surface area contributed by atoms with Gasteiger partial charge in [-0.15, -0.1) is 0 Å². The lowest BCUT2D eigenvalue weighted by molar-refractivity contribution is 0.602. The molecule has 1 fully saturated rings. The normalized spacial score (nSPS) is 15.9. The Bertz CT molecular complexity index is 728. The largest absolute Gasteiger partial charge is 0.349 e. The minimum Gasteiger partial charge on any atom is -0.300 e. The van der Waals surface area contributed by atoms with Gasteiger partial charge in [-0.3, -0.25) is 30.1 Å². The zero-order chi connectivity index (χ0) is 12.0. The molecule has 0 unspecified atom stereocenters. The first-order valence-corrected chi connectivity index (χ1v) is 5.10. The summed E-state index contributed by atoms with van der Waals surface area (Å²) in [7, 11) is 0. The van der Waals surface area contributed by atoms with E-state index in [9.17, 15) is 14.4 Å². The van der Waals surface area contributed by atoms with Crippen LogP contribution in [0.25, 0.3) is 11.2 Å². The standard InChI is InChI=1S/C8H10N6O3/c15-6-4-5(11-7(16)10-4)12-8(17)14(6)13-2-1-9-3-13/h9H,1-3H2,(H,12,17)(H2,10,11,16). The third-order valence-corrected chi connectivity index (χ3v) is 2.68. The Morgan fingerprint density at radius 1 is 1.06 bits per heavy atom. The predicted octanol–water partition coefficient (Wildman–Crippen LogP) is -2.80. The van der Waals surface area contributed by atoms with Crippen molar-refractivity contribution in [3.63, 3.8) is 0 Å². The molecular formula is C8H10N6O3. The van der Waals surface area contributed by atoms with Gasteiger partial charge in [0.1, 0.15) is 5.65 Å². The van der Waals surface area contributed by atoms with Crippen LogP contribution in [0.2, 0.25) is 0 Å². The van der Waals surface area contributed by atoms with Crippen LogP contribution < -0.4 is 27.3 Å². The molecule has 0 radical (unpaired) electrons. The highest BCUT2D eigenvalue weighted by Gasteiger charge is 2.18. The number of rotatable bonds is 1. The SMILES string of the molecule is O=c1[nH]c2[nH]c(=O)n(N3CCNC3)c(=O)c2[nH]1. The van der Waals surface area contributed by atoms with Crippen LogP contribution in [0.3, 0.4) is 0 Å². The van der Waals surface area contributed by atoms with Crippen LogP contribution in [0.1, 0.15) is 0 Å². The zero-order valence-electron chi connectivity index (χ0n) is 8.74. The van der Waals surface area contributed by atoms with Gasteiger partial charge in [-0.05, 0) is 0 Å². The number of aromatic amines is 3. The van der Waals surface area contributed by atoms with Gasteiger partial charge in [-0.2, -0.15) is 4.68 Å². The molecule has 9 heteroatoms. The second-order valence-corrected chi connectivity index (χ2v) is 3.76. The lowest BCUT2D eigenvalue weighted by atomic mass is 10.5. The molecule has 0 spiro atoms. The van der Waals surface area contributed by atoms with Gasteiger partial charge in [-0.25, -0.2) is 9.59 Å². The fourth-order valence-corrected chi connectivity index (χ4v) is 1.92. The van der Waals surface area contributed by atoms with E-state index < -0.39 is 16.9 Å². The van der Waals surface area contributed by atoms with Crippen molar-refractivity contribution >= 4 is 11.2 Å². The molecule has 90 valence electrons. The smallest absolute Gasteiger partial charge is 0.300 e. The summed E-state index contributed by atoms with van der Waals surface area (Å²) in [4.78, 5) is 42.0. The highest BCUT2D eigenvalue weighted by Crippen LogP contribution is 1.94. The van der Waals surface area contributed by atoms with Crippen molar-refractivity contribution in [1.82, 2.24) is 24.9 Å². The van der Waals surface area contributed by atoms with E-state index in [0.717, 1.165) is 4.68 Å². The molecular weight excluding hydrogens is 228 g/mol. The molecule has 1 saturated heterocycles. The molecule has 2 aromatic rings. The van der Waals surface area contributed by atoms with Gasteiger partial charge < -0.3 is 0 Å². The molecule has 0 saturated carbocycles. The molecule has 3 rings (SSSR count). The number of nitrogens with zero attached hydrogens (tertiary/aromatic N) is 2. The molecule has 2 aromatic heterocycles. The summed E-state index contributed by atoms with van der Waals surface area (Å²) in [5.74, 6) is 0. The molecule has 0 amide bonds. The number of imidazole rings is 1. The van der Waals surface area contributed by atoms with E-state index in [4.69, 9.17) is 0 Å². The summed E-state index contributed by atoms with van der Waals surface area (Å²) in [6.07, 6.45) is 0. The molecule has 4 N–H and O–H groups in total. The van der Waals surface area contributed by atoms with Crippen molar-refractivity contribution in [3.05, 3.63) is 31.3 Å². The monoisotopic (exact) mass is 238 g/mol. The number of nitrogens with one attached hydrogen (secondary N) is 4. The Balaban J connectivity index is 2.34. The second-order valence-electron chi connectivity index (χ2n) is 3.76.